The van der Waals surface area contributed by atoms with Crippen LogP contribution in [0.25, 0.3) is 11.1 Å². The predicted molar refractivity (Wildman–Crippen MR) is 113 cm³/mol. The second-order valence-electron chi connectivity index (χ2n) is 7.09. The number of carboxylic acids is 1. The third-order valence-electron chi connectivity index (χ3n) is 5.23. The highest BCUT2D eigenvalue weighted by Crippen LogP contribution is 2.44. The van der Waals surface area contributed by atoms with E-state index in [0.717, 1.165) is 33.6 Å². The predicted octanol–water partition coefficient (Wildman–Crippen LogP) is 2.77. The third kappa shape index (κ3) is 4.15. The molecule has 1 aliphatic rings. The van der Waals surface area contributed by atoms with Gasteiger partial charge >= 0.3 is 12.1 Å². The molecule has 2 atom stereocenters. The average molecular weight is 440 g/mol. The second-order valence-corrected chi connectivity index (χ2v) is 7.98. The number of carboxylic acid groups (broad SMARTS) is 1. The lowest BCUT2D eigenvalue weighted by Gasteiger charge is -2.18. The van der Waals surface area contributed by atoms with E-state index in [4.69, 9.17) is 9.84 Å². The van der Waals surface area contributed by atoms with Crippen LogP contribution < -0.4 is 5.32 Å². The van der Waals surface area contributed by atoms with Crippen molar-refractivity contribution in [1.29, 1.82) is 0 Å². The number of aromatic nitrogens is 1. The van der Waals surface area contributed by atoms with Gasteiger partial charge in [0.05, 0.1) is 10.4 Å². The molecule has 2 aromatic carbocycles. The van der Waals surface area contributed by atoms with E-state index < -0.39 is 24.3 Å². The molecule has 1 heterocycles. The van der Waals surface area contributed by atoms with E-state index in [1.54, 1.807) is 0 Å². The molecule has 0 spiro atoms. The fourth-order valence-corrected chi connectivity index (χ4v) is 4.57. The van der Waals surface area contributed by atoms with Crippen molar-refractivity contribution in [2.75, 3.05) is 13.2 Å². The first kappa shape index (κ1) is 21.0. The number of hydrogen-bond donors (Lipinski definition) is 4. The Morgan fingerprint density at radius 3 is 2.29 bits per heavy atom. The Balaban J connectivity index is 1.35. The van der Waals surface area contributed by atoms with Gasteiger partial charge in [-0.25, -0.2) is 14.6 Å². The maximum atomic E-state index is 12.2. The Bertz CT molecular complexity index is 1070. The molecule has 0 fully saturated rings. The lowest BCUT2D eigenvalue weighted by Crippen LogP contribution is -2.36. The van der Waals surface area contributed by atoms with E-state index in [1.807, 2.05) is 48.5 Å². The highest BCUT2D eigenvalue weighted by atomic mass is 32.1. The van der Waals surface area contributed by atoms with Gasteiger partial charge in [0, 0.05) is 12.5 Å². The van der Waals surface area contributed by atoms with Gasteiger partial charge < -0.3 is 25.4 Å². The van der Waals surface area contributed by atoms with E-state index in [-0.39, 0.29) is 29.6 Å². The van der Waals surface area contributed by atoms with Crippen LogP contribution in [0.1, 0.15) is 38.5 Å². The number of aliphatic hydroxyl groups is 2. The summed E-state index contributed by atoms with van der Waals surface area (Å²) in [5.74, 6) is -1.39. The minimum atomic E-state index is -1.49. The summed E-state index contributed by atoms with van der Waals surface area (Å²) in [5.41, 5.74) is 5.34. The van der Waals surface area contributed by atoms with Crippen molar-refractivity contribution in [1.82, 2.24) is 10.3 Å². The van der Waals surface area contributed by atoms with Crippen molar-refractivity contribution < 1.29 is 29.6 Å². The van der Waals surface area contributed by atoms with Crippen LogP contribution in [0.3, 0.4) is 0 Å². The average Bonchev–Trinajstić information content (AvgIpc) is 3.39. The van der Waals surface area contributed by atoms with E-state index in [1.165, 1.54) is 5.51 Å². The van der Waals surface area contributed by atoms with Crippen LogP contribution in [0.15, 0.2) is 54.0 Å². The first-order valence-corrected chi connectivity index (χ1v) is 10.5. The van der Waals surface area contributed by atoms with Crippen LogP contribution in [-0.2, 0) is 4.74 Å². The smallest absolute Gasteiger partial charge is 0.407 e. The topological polar surface area (TPSA) is 129 Å². The van der Waals surface area contributed by atoms with Crippen LogP contribution in [0.4, 0.5) is 4.79 Å². The summed E-state index contributed by atoms with van der Waals surface area (Å²) >= 11 is 0.917. The SMILES string of the molecule is O=C(NCC(O)C(O)c1scnc1C(=O)O)OCC1c2ccccc2-c2ccccc21. The Kier molecular flexibility index (Phi) is 5.99. The molecule has 4 N–H and O–H groups in total. The maximum absolute atomic E-state index is 12.2. The van der Waals surface area contributed by atoms with Gasteiger partial charge in [-0.3, -0.25) is 0 Å². The van der Waals surface area contributed by atoms with Crippen LogP contribution in [0.2, 0.25) is 0 Å². The number of aliphatic hydroxyl groups excluding tert-OH is 2. The molecular formula is C22H20N2O6S. The lowest BCUT2D eigenvalue weighted by atomic mass is 9.98. The zero-order valence-electron chi connectivity index (χ0n) is 16.3. The standard InChI is InChI=1S/C22H20N2O6S/c25-17(19(26)20-18(21(27)28)24-11-31-20)9-23-22(29)30-10-16-14-7-3-1-5-12(14)13-6-2-4-8-15(13)16/h1-8,11,16-17,19,25-26H,9-10H2,(H,23,29)(H,27,28). The number of nitrogens with one attached hydrogen (secondary N) is 1. The molecule has 31 heavy (non-hydrogen) atoms. The normalized spacial score (nSPS) is 14.4. The van der Waals surface area contributed by atoms with E-state index in [0.29, 0.717) is 0 Å². The molecule has 0 saturated heterocycles. The summed E-state index contributed by atoms with van der Waals surface area (Å²) in [6.07, 6.45) is -3.65. The number of hydrogen-bond acceptors (Lipinski definition) is 7. The number of ether oxygens (including phenoxy) is 1. The zero-order valence-corrected chi connectivity index (χ0v) is 17.1. The van der Waals surface area contributed by atoms with Gasteiger partial charge in [0.1, 0.15) is 18.8 Å². The van der Waals surface area contributed by atoms with Crippen molar-refractivity contribution in [2.24, 2.45) is 0 Å². The highest BCUT2D eigenvalue weighted by Gasteiger charge is 2.30. The quantitative estimate of drug-likeness (QED) is 0.445. The monoisotopic (exact) mass is 440 g/mol. The lowest BCUT2D eigenvalue weighted by molar-refractivity contribution is 0.0195. The highest BCUT2D eigenvalue weighted by molar-refractivity contribution is 7.10. The minimum Gasteiger partial charge on any atom is -0.476 e. The van der Waals surface area contributed by atoms with Gasteiger partial charge in [0.25, 0.3) is 0 Å². The number of nitrogens with zero attached hydrogens (tertiary/aromatic N) is 1. The summed E-state index contributed by atoms with van der Waals surface area (Å²) in [5, 5.41) is 31.8. The van der Waals surface area contributed by atoms with Crippen molar-refractivity contribution in [3.8, 4) is 11.1 Å². The molecule has 0 bridgehead atoms. The molecule has 4 rings (SSSR count). The number of fused-ring (bicyclic) bond motifs is 3. The molecule has 1 aliphatic carbocycles. The number of carbonyl (C=O) groups is 2. The first-order chi connectivity index (χ1) is 15.0. The molecule has 0 saturated carbocycles. The fourth-order valence-electron chi connectivity index (χ4n) is 3.75. The minimum absolute atomic E-state index is 0.0225. The number of rotatable bonds is 7. The van der Waals surface area contributed by atoms with Crippen LogP contribution >= 0.6 is 11.3 Å². The van der Waals surface area contributed by atoms with Gasteiger partial charge in [0.2, 0.25) is 0 Å². The fraction of sp³-hybridized carbons (Fsp3) is 0.227. The number of amides is 1. The van der Waals surface area contributed by atoms with Gasteiger partial charge in [-0.2, -0.15) is 0 Å². The van der Waals surface area contributed by atoms with Crippen molar-refractivity contribution in [3.63, 3.8) is 0 Å². The molecule has 3 aromatic rings. The van der Waals surface area contributed by atoms with E-state index in [9.17, 15) is 19.8 Å². The zero-order chi connectivity index (χ0) is 22.0. The first-order valence-electron chi connectivity index (χ1n) is 9.59. The molecule has 9 heteroatoms. The number of benzene rings is 2. The Morgan fingerprint density at radius 1 is 1.06 bits per heavy atom. The van der Waals surface area contributed by atoms with Crippen LogP contribution in [0.5, 0.6) is 0 Å². The summed E-state index contributed by atoms with van der Waals surface area (Å²) < 4.78 is 5.38. The summed E-state index contributed by atoms with van der Waals surface area (Å²) in [6, 6.07) is 15.9. The Hall–Kier alpha value is -3.27. The van der Waals surface area contributed by atoms with Crippen LogP contribution in [-0.4, -0.2) is 51.6 Å². The number of thiazole rings is 1. The molecule has 1 aromatic heterocycles. The third-order valence-corrected chi connectivity index (χ3v) is 6.13. The van der Waals surface area contributed by atoms with Crippen molar-refractivity contribution in [3.05, 3.63) is 75.7 Å². The Morgan fingerprint density at radius 2 is 1.68 bits per heavy atom. The van der Waals surface area contributed by atoms with Crippen molar-refractivity contribution >= 4 is 23.4 Å². The van der Waals surface area contributed by atoms with E-state index >= 15 is 0 Å². The number of carbonyl (C=O) groups excluding carboxylic acids is 1. The van der Waals surface area contributed by atoms with Gasteiger partial charge in [-0.05, 0) is 22.3 Å². The van der Waals surface area contributed by atoms with Crippen molar-refractivity contribution in [2.45, 2.75) is 18.1 Å². The number of aromatic carboxylic acids is 1. The summed E-state index contributed by atoms with van der Waals surface area (Å²) in [6.45, 7) is -0.189. The molecule has 8 nitrogen and oxygen atoms in total. The van der Waals surface area contributed by atoms with Gasteiger partial charge in [0.15, 0.2) is 5.69 Å². The molecular weight excluding hydrogens is 420 g/mol. The number of alkyl carbamates (subject to hydrolysis) is 1. The second kappa shape index (κ2) is 8.84. The summed E-state index contributed by atoms with van der Waals surface area (Å²) in [7, 11) is 0. The molecule has 160 valence electrons. The molecule has 1 amide bonds. The van der Waals surface area contributed by atoms with Gasteiger partial charge in [-0.1, -0.05) is 48.5 Å². The molecule has 0 radical (unpaired) electrons. The van der Waals surface area contributed by atoms with E-state index in [2.05, 4.69) is 10.3 Å². The van der Waals surface area contributed by atoms with Gasteiger partial charge in [-0.15, -0.1) is 11.3 Å². The summed E-state index contributed by atoms with van der Waals surface area (Å²) in [4.78, 5) is 27.0. The maximum Gasteiger partial charge on any atom is 0.407 e. The van der Waals surface area contributed by atoms with Crippen LogP contribution in [0, 0.1) is 0 Å². The molecule has 2 unspecified atom stereocenters. The Labute approximate surface area is 181 Å². The molecule has 0 aliphatic heterocycles. The largest absolute Gasteiger partial charge is 0.476 e.